The van der Waals surface area contributed by atoms with Crippen molar-refractivity contribution in [3.05, 3.63) is 45.2 Å². The highest BCUT2D eigenvalue weighted by atomic mass is 35.5. The molecule has 0 radical (unpaired) electrons. The molecule has 1 aromatic carbocycles. The highest BCUT2D eigenvalue weighted by molar-refractivity contribution is 7.17. The number of halogens is 2. The van der Waals surface area contributed by atoms with Crippen molar-refractivity contribution in [3.63, 3.8) is 0 Å². The maximum Gasteiger partial charge on any atom is 0.347 e. The van der Waals surface area contributed by atoms with Gasteiger partial charge >= 0.3 is 5.97 Å². The molecule has 0 saturated carbocycles. The second-order valence-electron chi connectivity index (χ2n) is 5.09. The number of anilines is 1. The maximum atomic E-state index is 13.1. The summed E-state index contributed by atoms with van der Waals surface area (Å²) in [6.07, 6.45) is 0.252. The molecule has 2 aromatic rings. The van der Waals surface area contributed by atoms with Crippen LogP contribution in [0.4, 0.5) is 9.52 Å². The third-order valence-corrected chi connectivity index (χ3v) is 5.03. The molecule has 1 saturated heterocycles. The van der Waals surface area contributed by atoms with Crippen molar-refractivity contribution in [1.82, 2.24) is 4.98 Å². The Labute approximate surface area is 141 Å². The number of ether oxygens (including phenoxy) is 1. The summed E-state index contributed by atoms with van der Waals surface area (Å²) in [5.74, 6) is -1.44. The lowest BCUT2D eigenvalue weighted by Gasteiger charge is -2.26. The average molecular weight is 357 g/mol. The molecule has 1 aliphatic heterocycles. The first-order valence-corrected chi connectivity index (χ1v) is 8.23. The lowest BCUT2D eigenvalue weighted by atomic mass is 10.1. The number of carbonyl (C=O) groups is 1. The minimum Gasteiger partial charge on any atom is -0.477 e. The van der Waals surface area contributed by atoms with Gasteiger partial charge in [-0.1, -0.05) is 29.0 Å². The molecule has 0 atom stereocenters. The number of thiazole rings is 1. The summed E-state index contributed by atoms with van der Waals surface area (Å²) in [5.41, 5.74) is 1.09. The minimum absolute atomic E-state index is 0.187. The van der Waals surface area contributed by atoms with Crippen LogP contribution in [0.5, 0.6) is 0 Å². The van der Waals surface area contributed by atoms with Crippen molar-refractivity contribution in [2.24, 2.45) is 0 Å². The van der Waals surface area contributed by atoms with Gasteiger partial charge in [-0.3, -0.25) is 0 Å². The van der Waals surface area contributed by atoms with E-state index < -0.39 is 11.8 Å². The van der Waals surface area contributed by atoms with Gasteiger partial charge in [0.2, 0.25) is 0 Å². The molecule has 8 heteroatoms. The maximum absolute atomic E-state index is 13.1. The van der Waals surface area contributed by atoms with Crippen LogP contribution < -0.4 is 4.90 Å². The number of benzene rings is 1. The molecular weight excluding hydrogens is 343 g/mol. The number of hydrogen-bond acceptors (Lipinski definition) is 5. The van der Waals surface area contributed by atoms with E-state index in [1.165, 1.54) is 12.1 Å². The minimum atomic E-state index is -1.02. The van der Waals surface area contributed by atoms with Crippen molar-refractivity contribution < 1.29 is 19.0 Å². The third kappa shape index (κ3) is 3.63. The Hall–Kier alpha value is -1.70. The number of hydrogen-bond donors (Lipinski definition) is 1. The number of rotatable bonds is 4. The number of aromatic carboxylic acids is 1. The van der Waals surface area contributed by atoms with E-state index in [-0.39, 0.29) is 16.3 Å². The van der Waals surface area contributed by atoms with E-state index in [9.17, 15) is 14.3 Å². The smallest absolute Gasteiger partial charge is 0.347 e. The first kappa shape index (κ1) is 16.2. The molecule has 0 bridgehead atoms. The zero-order chi connectivity index (χ0) is 16.4. The number of aromatic nitrogens is 1. The summed E-state index contributed by atoms with van der Waals surface area (Å²) in [6.45, 7) is 2.56. The van der Waals surface area contributed by atoms with Gasteiger partial charge in [0, 0.05) is 24.5 Å². The van der Waals surface area contributed by atoms with Gasteiger partial charge in [-0.25, -0.2) is 14.2 Å². The summed E-state index contributed by atoms with van der Waals surface area (Å²) < 4.78 is 18.4. The summed E-state index contributed by atoms with van der Waals surface area (Å²) in [6, 6.07) is 4.07. The quantitative estimate of drug-likeness (QED) is 0.912. The molecule has 3 rings (SSSR count). The van der Waals surface area contributed by atoms with Crippen molar-refractivity contribution >= 4 is 34.0 Å². The predicted octanol–water partition coefficient (Wildman–Crippen LogP) is 3.06. The molecule has 0 aliphatic carbocycles. The molecule has 5 nitrogen and oxygen atoms in total. The van der Waals surface area contributed by atoms with Gasteiger partial charge in [0.15, 0.2) is 5.13 Å². The van der Waals surface area contributed by atoms with E-state index in [1.807, 2.05) is 4.90 Å². The summed E-state index contributed by atoms with van der Waals surface area (Å²) >= 11 is 7.17. The van der Waals surface area contributed by atoms with Gasteiger partial charge in [-0.2, -0.15) is 0 Å². The van der Waals surface area contributed by atoms with Crippen molar-refractivity contribution in [3.8, 4) is 0 Å². The van der Waals surface area contributed by atoms with E-state index in [0.29, 0.717) is 42.7 Å². The monoisotopic (exact) mass is 356 g/mol. The van der Waals surface area contributed by atoms with Crippen LogP contribution in [0.1, 0.15) is 20.9 Å². The van der Waals surface area contributed by atoms with E-state index in [1.54, 1.807) is 6.07 Å². The van der Waals surface area contributed by atoms with Crippen LogP contribution in [-0.4, -0.2) is 42.4 Å². The standard InChI is InChI=1S/C15H14ClFN2O3S/c16-11-8-10(17)2-1-9(11)7-12-13(14(20)21)23-15(18-12)19-3-5-22-6-4-19/h1-2,8H,3-7H2,(H,20,21). The Morgan fingerprint density at radius 1 is 1.43 bits per heavy atom. The van der Waals surface area contributed by atoms with E-state index in [4.69, 9.17) is 16.3 Å². The van der Waals surface area contributed by atoms with Crippen LogP contribution in [0.15, 0.2) is 18.2 Å². The lowest BCUT2D eigenvalue weighted by Crippen LogP contribution is -2.36. The fraction of sp³-hybridized carbons (Fsp3) is 0.333. The fourth-order valence-electron chi connectivity index (χ4n) is 2.36. The Morgan fingerprint density at radius 3 is 2.83 bits per heavy atom. The van der Waals surface area contributed by atoms with Crippen LogP contribution in [0, 0.1) is 5.82 Å². The highest BCUT2D eigenvalue weighted by Gasteiger charge is 2.22. The van der Waals surface area contributed by atoms with Gasteiger partial charge in [0.05, 0.1) is 18.9 Å². The Kier molecular flexibility index (Phi) is 4.79. The fourth-order valence-corrected chi connectivity index (χ4v) is 3.57. The Balaban J connectivity index is 1.90. The van der Waals surface area contributed by atoms with E-state index >= 15 is 0 Å². The van der Waals surface area contributed by atoms with Gasteiger partial charge in [0.1, 0.15) is 10.7 Å². The molecule has 0 unspecified atom stereocenters. The second-order valence-corrected chi connectivity index (χ2v) is 6.47. The SMILES string of the molecule is O=C(O)c1sc(N2CCOCC2)nc1Cc1ccc(F)cc1Cl. The molecule has 0 amide bonds. The van der Waals surface area contributed by atoms with Crippen molar-refractivity contribution in [2.75, 3.05) is 31.2 Å². The zero-order valence-corrected chi connectivity index (χ0v) is 13.7. The van der Waals surface area contributed by atoms with Crippen molar-refractivity contribution in [1.29, 1.82) is 0 Å². The number of nitrogens with zero attached hydrogens (tertiary/aromatic N) is 2. The summed E-state index contributed by atoms with van der Waals surface area (Å²) in [4.78, 5) is 18.1. The van der Waals surface area contributed by atoms with E-state index in [0.717, 1.165) is 11.3 Å². The molecular formula is C15H14ClFN2O3S. The van der Waals surface area contributed by atoms with Crippen LogP contribution in [0.3, 0.4) is 0 Å². The summed E-state index contributed by atoms with van der Waals surface area (Å²) in [7, 11) is 0. The van der Waals surface area contributed by atoms with Gasteiger partial charge in [-0.05, 0) is 17.7 Å². The zero-order valence-electron chi connectivity index (χ0n) is 12.1. The Morgan fingerprint density at radius 2 is 2.17 bits per heavy atom. The number of carboxylic acids is 1. The van der Waals surface area contributed by atoms with Crippen molar-refractivity contribution in [2.45, 2.75) is 6.42 Å². The molecule has 1 fully saturated rings. The lowest BCUT2D eigenvalue weighted by molar-refractivity contribution is 0.0701. The topological polar surface area (TPSA) is 62.7 Å². The number of morpholine rings is 1. The first-order valence-electron chi connectivity index (χ1n) is 7.04. The molecule has 122 valence electrons. The molecule has 2 heterocycles. The first-order chi connectivity index (χ1) is 11.0. The molecule has 23 heavy (non-hydrogen) atoms. The van der Waals surface area contributed by atoms with Crippen LogP contribution in [0.25, 0.3) is 0 Å². The normalized spacial score (nSPS) is 15.0. The van der Waals surface area contributed by atoms with Crippen LogP contribution >= 0.6 is 22.9 Å². The molecule has 0 spiro atoms. The van der Waals surface area contributed by atoms with Gasteiger partial charge in [-0.15, -0.1) is 0 Å². The van der Waals surface area contributed by atoms with Gasteiger partial charge < -0.3 is 14.7 Å². The predicted molar refractivity (Wildman–Crippen MR) is 86.3 cm³/mol. The largest absolute Gasteiger partial charge is 0.477 e. The average Bonchev–Trinajstić information content (AvgIpc) is 2.95. The highest BCUT2D eigenvalue weighted by Crippen LogP contribution is 2.30. The second kappa shape index (κ2) is 6.82. The van der Waals surface area contributed by atoms with Gasteiger partial charge in [0.25, 0.3) is 0 Å². The van der Waals surface area contributed by atoms with Crippen LogP contribution in [-0.2, 0) is 11.2 Å². The number of carboxylic acid groups (broad SMARTS) is 1. The Bertz CT molecular complexity index is 732. The molecule has 1 N–H and O–H groups in total. The summed E-state index contributed by atoms with van der Waals surface area (Å²) in [5, 5.41) is 10.3. The molecule has 1 aliphatic rings. The van der Waals surface area contributed by atoms with E-state index in [2.05, 4.69) is 4.98 Å². The molecule has 1 aromatic heterocycles. The van der Waals surface area contributed by atoms with Crippen LogP contribution in [0.2, 0.25) is 5.02 Å². The third-order valence-electron chi connectivity index (χ3n) is 3.53.